The summed E-state index contributed by atoms with van der Waals surface area (Å²) < 4.78 is 37.4. The number of aromatic nitrogens is 1. The van der Waals surface area contributed by atoms with Crippen LogP contribution in [0.4, 0.5) is 18.9 Å². The Balaban J connectivity index is 2.11. The summed E-state index contributed by atoms with van der Waals surface area (Å²) in [6.07, 6.45) is -0.723. The highest BCUT2D eigenvalue weighted by atomic mass is 35.5. The Morgan fingerprint density at radius 1 is 1.14 bits per heavy atom. The Morgan fingerprint density at radius 2 is 1.90 bits per heavy atom. The predicted molar refractivity (Wildman–Crippen MR) is 78.4 cm³/mol. The molecule has 0 amide bonds. The van der Waals surface area contributed by atoms with E-state index in [0.717, 1.165) is 18.0 Å². The lowest BCUT2D eigenvalue weighted by atomic mass is 10.2. The molecule has 0 atom stereocenters. The molecule has 0 aliphatic rings. The van der Waals surface area contributed by atoms with Gasteiger partial charge in [-0.15, -0.1) is 0 Å². The van der Waals surface area contributed by atoms with Crippen molar-refractivity contribution in [1.82, 2.24) is 4.98 Å². The molecule has 21 heavy (non-hydrogen) atoms. The topological polar surface area (TPSA) is 24.9 Å². The minimum absolute atomic E-state index is 0.0750. The van der Waals surface area contributed by atoms with Crippen LogP contribution in [0, 0.1) is 0 Å². The third-order valence-corrected chi connectivity index (χ3v) is 3.05. The SMILES string of the molecule is FC(F)(F)c1cnc(C=CNc2cccc(Cl)c2)c(Cl)c1. The monoisotopic (exact) mass is 332 g/mol. The fraction of sp³-hybridized carbons (Fsp3) is 0.0714. The number of nitrogens with zero attached hydrogens (tertiary/aromatic N) is 1. The van der Waals surface area contributed by atoms with E-state index >= 15 is 0 Å². The minimum Gasteiger partial charge on any atom is -0.362 e. The van der Waals surface area contributed by atoms with E-state index in [4.69, 9.17) is 23.2 Å². The molecule has 0 aliphatic heterocycles. The van der Waals surface area contributed by atoms with Crippen molar-refractivity contribution >= 4 is 35.0 Å². The Morgan fingerprint density at radius 3 is 2.52 bits per heavy atom. The fourth-order valence-corrected chi connectivity index (χ4v) is 1.94. The number of nitrogens with one attached hydrogen (secondary N) is 1. The van der Waals surface area contributed by atoms with Gasteiger partial charge in [0.2, 0.25) is 0 Å². The van der Waals surface area contributed by atoms with Gasteiger partial charge >= 0.3 is 6.18 Å². The van der Waals surface area contributed by atoms with Crippen LogP contribution >= 0.6 is 23.2 Å². The molecule has 1 heterocycles. The number of halogens is 5. The van der Waals surface area contributed by atoms with Gasteiger partial charge in [-0.1, -0.05) is 29.3 Å². The van der Waals surface area contributed by atoms with Crippen LogP contribution in [-0.2, 0) is 6.18 Å². The van der Waals surface area contributed by atoms with Gasteiger partial charge in [-0.05, 0) is 30.3 Å². The van der Waals surface area contributed by atoms with E-state index in [-0.39, 0.29) is 10.7 Å². The van der Waals surface area contributed by atoms with E-state index < -0.39 is 11.7 Å². The average molecular weight is 333 g/mol. The van der Waals surface area contributed by atoms with E-state index in [9.17, 15) is 13.2 Å². The number of alkyl halides is 3. The van der Waals surface area contributed by atoms with Crippen LogP contribution < -0.4 is 5.32 Å². The summed E-state index contributed by atoms with van der Waals surface area (Å²) in [5.41, 5.74) is 0.0911. The zero-order chi connectivity index (χ0) is 15.5. The van der Waals surface area contributed by atoms with Crippen LogP contribution in [0.1, 0.15) is 11.3 Å². The summed E-state index contributed by atoms with van der Waals surface area (Å²) in [6, 6.07) is 7.83. The zero-order valence-corrected chi connectivity index (χ0v) is 12.0. The molecule has 7 heteroatoms. The Hall–Kier alpha value is -1.72. The van der Waals surface area contributed by atoms with Crippen molar-refractivity contribution in [3.05, 3.63) is 64.0 Å². The molecule has 1 N–H and O–H groups in total. The molecule has 0 fully saturated rings. The highest BCUT2D eigenvalue weighted by Crippen LogP contribution is 2.31. The van der Waals surface area contributed by atoms with Crippen molar-refractivity contribution in [2.24, 2.45) is 0 Å². The number of hydrogen-bond acceptors (Lipinski definition) is 2. The number of anilines is 1. The fourth-order valence-electron chi connectivity index (χ4n) is 1.52. The van der Waals surface area contributed by atoms with Crippen LogP contribution in [0.3, 0.4) is 0 Å². The standard InChI is InChI=1S/C14H9Cl2F3N2/c15-10-2-1-3-11(7-10)20-5-4-13-12(16)6-9(8-21-13)14(17,18)19/h1-8,20H. The van der Waals surface area contributed by atoms with Crippen LogP contribution in [0.2, 0.25) is 10.0 Å². The van der Waals surface area contributed by atoms with Gasteiger partial charge < -0.3 is 5.32 Å². The molecule has 0 bridgehead atoms. The largest absolute Gasteiger partial charge is 0.417 e. The number of pyridine rings is 1. The molecule has 0 unspecified atom stereocenters. The number of hydrogen-bond donors (Lipinski definition) is 1. The molecule has 0 aliphatic carbocycles. The molecule has 0 saturated heterocycles. The minimum atomic E-state index is -4.46. The summed E-state index contributed by atoms with van der Waals surface area (Å²) in [5.74, 6) is 0. The highest BCUT2D eigenvalue weighted by Gasteiger charge is 2.31. The zero-order valence-electron chi connectivity index (χ0n) is 10.5. The maximum atomic E-state index is 12.5. The Labute approximate surface area is 129 Å². The van der Waals surface area contributed by atoms with E-state index in [0.29, 0.717) is 5.02 Å². The van der Waals surface area contributed by atoms with Crippen LogP contribution in [0.5, 0.6) is 0 Å². The first-order chi connectivity index (χ1) is 9.86. The maximum absolute atomic E-state index is 12.5. The summed E-state index contributed by atoms with van der Waals surface area (Å²) in [5, 5.41) is 3.41. The first-order valence-corrected chi connectivity index (χ1v) is 6.53. The second-order valence-corrected chi connectivity index (χ2v) is 4.92. The summed E-state index contributed by atoms with van der Waals surface area (Å²) in [7, 11) is 0. The highest BCUT2D eigenvalue weighted by molar-refractivity contribution is 6.32. The normalized spacial score (nSPS) is 11.9. The molecule has 1 aromatic carbocycles. The van der Waals surface area contributed by atoms with Gasteiger partial charge in [0.25, 0.3) is 0 Å². The Bertz CT molecular complexity index is 670. The first-order valence-electron chi connectivity index (χ1n) is 5.77. The van der Waals surface area contributed by atoms with E-state index in [1.165, 1.54) is 12.3 Å². The predicted octanol–water partition coefficient (Wildman–Crippen LogP) is 5.49. The Kier molecular flexibility index (Phi) is 4.75. The molecule has 2 nitrogen and oxygen atoms in total. The van der Waals surface area contributed by atoms with Gasteiger partial charge in [-0.3, -0.25) is 4.98 Å². The van der Waals surface area contributed by atoms with Crippen molar-refractivity contribution < 1.29 is 13.2 Å². The van der Waals surface area contributed by atoms with Gasteiger partial charge in [-0.25, -0.2) is 0 Å². The smallest absolute Gasteiger partial charge is 0.362 e. The molecule has 2 rings (SSSR count). The molecular weight excluding hydrogens is 324 g/mol. The van der Waals surface area contributed by atoms with E-state index in [1.807, 2.05) is 0 Å². The lowest BCUT2D eigenvalue weighted by Gasteiger charge is -2.07. The van der Waals surface area contributed by atoms with Gasteiger partial charge in [-0.2, -0.15) is 13.2 Å². The lowest BCUT2D eigenvalue weighted by Crippen LogP contribution is -2.05. The quantitative estimate of drug-likeness (QED) is 0.803. The molecule has 110 valence electrons. The third-order valence-electron chi connectivity index (χ3n) is 2.51. The van der Waals surface area contributed by atoms with Crippen molar-refractivity contribution in [1.29, 1.82) is 0 Å². The summed E-state index contributed by atoms with van der Waals surface area (Å²) in [4.78, 5) is 3.69. The summed E-state index contributed by atoms with van der Waals surface area (Å²) >= 11 is 11.6. The molecule has 0 radical (unpaired) electrons. The molecule has 0 saturated carbocycles. The van der Waals surface area contributed by atoms with Crippen molar-refractivity contribution in [2.75, 3.05) is 5.32 Å². The number of benzene rings is 1. The van der Waals surface area contributed by atoms with Gasteiger partial charge in [0, 0.05) is 23.1 Å². The van der Waals surface area contributed by atoms with Crippen LogP contribution in [0.15, 0.2) is 42.7 Å². The van der Waals surface area contributed by atoms with E-state index in [2.05, 4.69) is 10.3 Å². The maximum Gasteiger partial charge on any atom is 0.417 e. The second-order valence-electron chi connectivity index (χ2n) is 4.08. The molecule has 0 spiro atoms. The first kappa shape index (κ1) is 15.7. The lowest BCUT2D eigenvalue weighted by molar-refractivity contribution is -0.137. The van der Waals surface area contributed by atoms with Crippen molar-refractivity contribution in [2.45, 2.75) is 6.18 Å². The van der Waals surface area contributed by atoms with Crippen LogP contribution in [-0.4, -0.2) is 4.98 Å². The van der Waals surface area contributed by atoms with Gasteiger partial charge in [0.05, 0.1) is 16.3 Å². The van der Waals surface area contributed by atoms with E-state index in [1.54, 1.807) is 24.3 Å². The van der Waals surface area contributed by atoms with Crippen molar-refractivity contribution in [3.8, 4) is 0 Å². The molecular formula is C14H9Cl2F3N2. The average Bonchev–Trinajstić information content (AvgIpc) is 2.39. The molecule has 1 aromatic heterocycles. The van der Waals surface area contributed by atoms with Gasteiger partial charge in [0.1, 0.15) is 0 Å². The van der Waals surface area contributed by atoms with Crippen molar-refractivity contribution in [3.63, 3.8) is 0 Å². The summed E-state index contributed by atoms with van der Waals surface area (Å²) in [6.45, 7) is 0. The number of rotatable bonds is 3. The van der Waals surface area contributed by atoms with Crippen LogP contribution in [0.25, 0.3) is 6.08 Å². The second kappa shape index (κ2) is 6.37. The molecule has 2 aromatic rings. The third kappa shape index (κ3) is 4.37. The van der Waals surface area contributed by atoms with Gasteiger partial charge in [0.15, 0.2) is 0 Å².